The van der Waals surface area contributed by atoms with Crippen molar-refractivity contribution in [3.8, 4) is 0 Å². The van der Waals surface area contributed by atoms with Crippen LogP contribution in [0.1, 0.15) is 25.3 Å². The third kappa shape index (κ3) is 4.54. The predicted molar refractivity (Wildman–Crippen MR) is 119 cm³/mol. The Morgan fingerprint density at radius 1 is 1.14 bits per heavy atom. The van der Waals surface area contributed by atoms with Gasteiger partial charge in [-0.2, -0.15) is 0 Å². The number of carbonyl (C=O) groups is 1. The molecule has 4 rings (SSSR count). The number of para-hydroxylation sites is 1. The van der Waals surface area contributed by atoms with Gasteiger partial charge in [0.15, 0.2) is 0 Å². The summed E-state index contributed by atoms with van der Waals surface area (Å²) in [6.07, 6.45) is 2.84. The van der Waals surface area contributed by atoms with Crippen molar-refractivity contribution in [2.45, 2.75) is 26.2 Å². The fourth-order valence-electron chi connectivity index (χ4n) is 5.11. The van der Waals surface area contributed by atoms with Crippen molar-refractivity contribution in [3.05, 3.63) is 66.2 Å². The highest BCUT2D eigenvalue weighted by Crippen LogP contribution is 2.40. The lowest BCUT2D eigenvalue weighted by Gasteiger charge is -2.46. The molecule has 2 aromatic rings. The summed E-state index contributed by atoms with van der Waals surface area (Å²) in [6, 6.07) is 21.0. The highest BCUT2D eigenvalue weighted by molar-refractivity contribution is 5.93. The van der Waals surface area contributed by atoms with E-state index in [4.69, 9.17) is 0 Å². The lowest BCUT2D eigenvalue weighted by molar-refractivity contribution is -0.118. The van der Waals surface area contributed by atoms with Gasteiger partial charge in [0, 0.05) is 43.7 Å². The first kappa shape index (κ1) is 20.1. The van der Waals surface area contributed by atoms with Crippen molar-refractivity contribution in [3.63, 3.8) is 0 Å². The molecule has 2 aliphatic rings. The zero-order chi connectivity index (χ0) is 20.1. The molecule has 0 saturated carbocycles. The monoisotopic (exact) mass is 391 g/mol. The zero-order valence-electron chi connectivity index (χ0n) is 17.5. The minimum absolute atomic E-state index is 0.135. The number of piperidine rings is 1. The van der Waals surface area contributed by atoms with E-state index >= 15 is 0 Å². The molecule has 2 atom stereocenters. The minimum Gasteiger partial charge on any atom is -0.316 e. The summed E-state index contributed by atoms with van der Waals surface area (Å²) in [5, 5.41) is 3.65. The Morgan fingerprint density at radius 3 is 2.59 bits per heavy atom. The van der Waals surface area contributed by atoms with Gasteiger partial charge in [-0.3, -0.25) is 4.79 Å². The van der Waals surface area contributed by atoms with Gasteiger partial charge in [0.05, 0.1) is 0 Å². The van der Waals surface area contributed by atoms with Crippen LogP contribution in [-0.4, -0.2) is 50.1 Å². The average molecular weight is 392 g/mol. The molecule has 0 aromatic heterocycles. The van der Waals surface area contributed by atoms with Gasteiger partial charge >= 0.3 is 0 Å². The second kappa shape index (κ2) is 9.10. The largest absolute Gasteiger partial charge is 0.316 e. The lowest BCUT2D eigenvalue weighted by atomic mass is 9.72. The first-order valence-corrected chi connectivity index (χ1v) is 11.0. The van der Waals surface area contributed by atoms with Gasteiger partial charge in [0.25, 0.3) is 0 Å². The summed E-state index contributed by atoms with van der Waals surface area (Å²) in [7, 11) is 0. The van der Waals surface area contributed by atoms with E-state index in [1.165, 1.54) is 12.0 Å². The van der Waals surface area contributed by atoms with Crippen molar-refractivity contribution in [2.75, 3.05) is 44.2 Å². The van der Waals surface area contributed by atoms with Gasteiger partial charge < -0.3 is 15.1 Å². The maximum Gasteiger partial charge on any atom is 0.226 e. The smallest absolute Gasteiger partial charge is 0.226 e. The van der Waals surface area contributed by atoms with E-state index in [1.807, 2.05) is 30.0 Å². The second-order valence-corrected chi connectivity index (χ2v) is 8.66. The molecule has 2 fully saturated rings. The Labute approximate surface area is 174 Å². The van der Waals surface area contributed by atoms with Crippen LogP contribution >= 0.6 is 0 Å². The molecule has 2 heterocycles. The summed E-state index contributed by atoms with van der Waals surface area (Å²) < 4.78 is 0. The van der Waals surface area contributed by atoms with Crippen LogP contribution in [0.2, 0.25) is 0 Å². The van der Waals surface area contributed by atoms with Gasteiger partial charge in [-0.25, -0.2) is 0 Å². The van der Waals surface area contributed by atoms with E-state index in [1.54, 1.807) is 0 Å². The number of hydrogen-bond donors (Lipinski definition) is 1. The highest BCUT2D eigenvalue weighted by atomic mass is 16.2. The standard InChI is InChI=1S/C25H33N3O/c1-2-24(29)28(23-11-7-4-8-12-23)20-25-18-26-17-22(25)14-16-27(19-25)15-13-21-9-5-3-6-10-21/h3-12,22,26H,2,13-20H2,1H3. The molecule has 1 N–H and O–H groups in total. The van der Waals surface area contributed by atoms with Gasteiger partial charge in [0.2, 0.25) is 5.91 Å². The first-order chi connectivity index (χ1) is 14.2. The quantitative estimate of drug-likeness (QED) is 0.784. The molecule has 2 aliphatic heterocycles. The van der Waals surface area contributed by atoms with E-state index in [0.29, 0.717) is 12.3 Å². The van der Waals surface area contributed by atoms with E-state index in [2.05, 4.69) is 52.7 Å². The van der Waals surface area contributed by atoms with Crippen LogP contribution in [0.3, 0.4) is 0 Å². The predicted octanol–water partition coefficient (Wildman–Crippen LogP) is 3.58. The molecular weight excluding hydrogens is 358 g/mol. The summed E-state index contributed by atoms with van der Waals surface area (Å²) >= 11 is 0. The molecule has 0 radical (unpaired) electrons. The van der Waals surface area contributed by atoms with Crippen molar-refractivity contribution in [2.24, 2.45) is 11.3 Å². The van der Waals surface area contributed by atoms with E-state index < -0.39 is 0 Å². The highest BCUT2D eigenvalue weighted by Gasteiger charge is 2.48. The Bertz CT molecular complexity index is 794. The molecule has 2 unspecified atom stereocenters. The number of anilines is 1. The molecule has 0 spiro atoms. The third-order valence-electron chi connectivity index (χ3n) is 6.77. The Balaban J connectivity index is 1.50. The fraction of sp³-hybridized carbons (Fsp3) is 0.480. The van der Waals surface area contributed by atoms with Crippen molar-refractivity contribution in [1.29, 1.82) is 0 Å². The Kier molecular flexibility index (Phi) is 6.31. The van der Waals surface area contributed by atoms with Crippen molar-refractivity contribution in [1.82, 2.24) is 10.2 Å². The molecular formula is C25H33N3O. The molecule has 2 saturated heterocycles. The summed E-state index contributed by atoms with van der Waals surface area (Å²) in [6.45, 7) is 8.17. The van der Waals surface area contributed by atoms with Crippen LogP contribution in [0.15, 0.2) is 60.7 Å². The Morgan fingerprint density at radius 2 is 1.86 bits per heavy atom. The van der Waals surface area contributed by atoms with Gasteiger partial charge in [0.1, 0.15) is 0 Å². The van der Waals surface area contributed by atoms with Crippen molar-refractivity contribution >= 4 is 11.6 Å². The van der Waals surface area contributed by atoms with E-state index in [9.17, 15) is 4.79 Å². The van der Waals surface area contributed by atoms with Crippen molar-refractivity contribution < 1.29 is 4.79 Å². The number of nitrogens with one attached hydrogen (secondary N) is 1. The van der Waals surface area contributed by atoms with Crippen LogP contribution in [-0.2, 0) is 11.2 Å². The molecule has 0 bridgehead atoms. The number of amides is 1. The van der Waals surface area contributed by atoms with Gasteiger partial charge in [-0.05, 0) is 49.5 Å². The minimum atomic E-state index is 0.135. The zero-order valence-corrected chi connectivity index (χ0v) is 17.5. The van der Waals surface area contributed by atoms with Crippen LogP contribution < -0.4 is 10.2 Å². The number of rotatable bonds is 7. The number of nitrogens with zero attached hydrogens (tertiary/aromatic N) is 2. The lowest BCUT2D eigenvalue weighted by Crippen LogP contribution is -2.55. The molecule has 4 nitrogen and oxygen atoms in total. The number of benzene rings is 2. The number of likely N-dealkylation sites (tertiary alicyclic amines) is 1. The maximum atomic E-state index is 12.9. The second-order valence-electron chi connectivity index (χ2n) is 8.66. The maximum absolute atomic E-state index is 12.9. The topological polar surface area (TPSA) is 35.6 Å². The van der Waals surface area contributed by atoms with E-state index in [0.717, 1.165) is 51.4 Å². The van der Waals surface area contributed by atoms with Crippen LogP contribution in [0.5, 0.6) is 0 Å². The third-order valence-corrected chi connectivity index (χ3v) is 6.77. The molecule has 29 heavy (non-hydrogen) atoms. The molecule has 2 aromatic carbocycles. The van der Waals surface area contributed by atoms with E-state index in [-0.39, 0.29) is 11.3 Å². The van der Waals surface area contributed by atoms with Crippen LogP contribution in [0.25, 0.3) is 0 Å². The molecule has 4 heteroatoms. The first-order valence-electron chi connectivity index (χ1n) is 11.0. The van der Waals surface area contributed by atoms with Gasteiger partial charge in [-0.15, -0.1) is 0 Å². The summed E-state index contributed by atoms with van der Waals surface area (Å²) in [4.78, 5) is 17.5. The summed E-state index contributed by atoms with van der Waals surface area (Å²) in [5.41, 5.74) is 2.57. The van der Waals surface area contributed by atoms with Gasteiger partial charge in [-0.1, -0.05) is 55.5 Å². The SMILES string of the molecule is CCC(=O)N(CC12CNCC1CCN(CCc1ccccc1)C2)c1ccccc1. The number of fused-ring (bicyclic) bond motifs is 1. The molecule has 1 amide bonds. The normalized spacial score (nSPS) is 24.2. The molecule has 0 aliphatic carbocycles. The summed E-state index contributed by atoms with van der Waals surface area (Å²) in [5.74, 6) is 0.865. The van der Waals surface area contributed by atoms with Crippen LogP contribution in [0, 0.1) is 11.3 Å². The fourth-order valence-corrected chi connectivity index (χ4v) is 5.11. The number of hydrogen-bond acceptors (Lipinski definition) is 3. The Hall–Kier alpha value is -2.17. The average Bonchev–Trinajstić information content (AvgIpc) is 3.20. The molecule has 154 valence electrons. The number of carbonyl (C=O) groups excluding carboxylic acids is 1. The van der Waals surface area contributed by atoms with Crippen LogP contribution in [0.4, 0.5) is 5.69 Å².